The first kappa shape index (κ1) is 40.9. The Bertz CT molecular complexity index is 1920. The third kappa shape index (κ3) is 7.75. The van der Waals surface area contributed by atoms with E-state index in [-0.39, 0.29) is 35.6 Å². The van der Waals surface area contributed by atoms with E-state index >= 15 is 0 Å². The molecule has 5 heteroatoms. The smallest absolute Gasteiger partial charge is 1.00 e. The van der Waals surface area contributed by atoms with Gasteiger partial charge in [0.25, 0.3) is 0 Å². The maximum atomic E-state index is 2.65. The van der Waals surface area contributed by atoms with Crippen LogP contribution in [0.4, 0.5) is 0 Å². The number of benzene rings is 4. The molecule has 50 heavy (non-hydrogen) atoms. The van der Waals surface area contributed by atoms with Crippen LogP contribution in [0.2, 0.25) is 39.3 Å². The van der Waals surface area contributed by atoms with E-state index in [0.717, 1.165) is 6.42 Å². The molecule has 2 aliphatic carbocycles. The van der Waals surface area contributed by atoms with Crippen LogP contribution in [0.25, 0.3) is 16.7 Å². The molecule has 261 valence electrons. The summed E-state index contributed by atoms with van der Waals surface area (Å²) >= 11 is -1.31. The Labute approximate surface area is 329 Å². The predicted octanol–water partition coefficient (Wildman–Crippen LogP) is 5.14. The molecule has 4 aromatic rings. The van der Waals surface area contributed by atoms with Crippen LogP contribution in [0.1, 0.15) is 90.5 Å². The fourth-order valence-electron chi connectivity index (χ4n) is 8.04. The van der Waals surface area contributed by atoms with E-state index in [0.29, 0.717) is 3.63 Å². The maximum absolute atomic E-state index is 2.65. The molecule has 0 heterocycles. The van der Waals surface area contributed by atoms with Crippen LogP contribution in [0.5, 0.6) is 0 Å². The van der Waals surface area contributed by atoms with Crippen LogP contribution < -0.4 is 35.2 Å². The molecule has 0 aliphatic heterocycles. The van der Waals surface area contributed by atoms with E-state index in [2.05, 4.69) is 178 Å². The minimum atomic E-state index is -1.82. The molecule has 1 unspecified atom stereocenters. The van der Waals surface area contributed by atoms with Crippen molar-refractivity contribution in [2.24, 2.45) is 0 Å². The van der Waals surface area contributed by atoms with Crippen molar-refractivity contribution in [1.29, 1.82) is 0 Å². The van der Waals surface area contributed by atoms with Gasteiger partial charge in [0.05, 0.1) is 0 Å². The largest absolute Gasteiger partial charge is 1.00 e. The number of allylic oxidation sites excluding steroid dienone is 4. The molecule has 0 radical (unpaired) electrons. The number of hydrogen-bond acceptors (Lipinski definition) is 0. The minimum absolute atomic E-state index is 0. The second-order valence-electron chi connectivity index (χ2n) is 18.1. The second-order valence-corrected chi connectivity index (χ2v) is 31.5. The SMILES string of the molecule is CC(C)(C)c1ccc2c(c1)[CH]([Zr+2]=[C](c1ccccc1)c1ccccc1)c1c(C3=CC=CC3)c(C(C)(C)C)c([Si](C)(C)C)c([Si](C)(C)C)c1-2.[Cl-].[Cl-]. The maximum Gasteiger partial charge on any atom is -1.00 e. The molecule has 4 aromatic carbocycles. The Morgan fingerprint density at radius 1 is 0.660 bits per heavy atom. The number of rotatable bonds is 6. The van der Waals surface area contributed by atoms with Gasteiger partial charge in [0.2, 0.25) is 0 Å². The topological polar surface area (TPSA) is 0 Å². The molecule has 0 nitrogen and oxygen atoms in total. The molecule has 0 fully saturated rings. The van der Waals surface area contributed by atoms with Crippen LogP contribution in [-0.2, 0) is 33.6 Å². The number of hydrogen-bond donors (Lipinski definition) is 0. The van der Waals surface area contributed by atoms with Crippen LogP contribution in [0.15, 0.2) is 97.1 Å². The summed E-state index contributed by atoms with van der Waals surface area (Å²) in [7, 11) is -3.61. The van der Waals surface area contributed by atoms with E-state index in [1.54, 1.807) is 41.4 Å². The van der Waals surface area contributed by atoms with E-state index in [4.69, 9.17) is 0 Å². The third-order valence-corrected chi connectivity index (χ3v) is 18.6. The zero-order valence-corrected chi connectivity index (χ0v) is 38.2. The average molecular weight is 814 g/mol. The molecule has 0 spiro atoms. The first-order chi connectivity index (χ1) is 22.4. The summed E-state index contributed by atoms with van der Waals surface area (Å²) in [5.41, 5.74) is 15.7. The standard InChI is InChI=1S/C32H45Si2.C13H10.2ClH.Zr/c1-31(2,3)23-17-18-24-22(19-23)20-25-26(21-15-13-14-16-21)28(32(4,5)6)30(34(10,11)12)29(27(24)25)33(7,8)9;1-3-7-12(8-4-1)11-13-9-5-2-6-10-13;;;/h13-15,17-20H,16H2,1-12H3;1-10H;2*1H;/q;;;;+2/p-2. The van der Waals surface area contributed by atoms with Crippen molar-refractivity contribution in [2.75, 3.05) is 0 Å². The van der Waals surface area contributed by atoms with Crippen molar-refractivity contribution in [3.63, 3.8) is 0 Å². The second kappa shape index (κ2) is 14.9. The quantitative estimate of drug-likeness (QED) is 0.237. The summed E-state index contributed by atoms with van der Waals surface area (Å²) in [4.78, 5) is 0. The summed E-state index contributed by atoms with van der Waals surface area (Å²) in [6.07, 6.45) is 8.18. The van der Waals surface area contributed by atoms with Crippen molar-refractivity contribution in [3.05, 3.63) is 136 Å². The van der Waals surface area contributed by atoms with Gasteiger partial charge in [-0.15, -0.1) is 0 Å². The zero-order valence-electron chi connectivity index (χ0n) is 32.3. The Hall–Kier alpha value is -1.87. The van der Waals surface area contributed by atoms with Crippen molar-refractivity contribution in [1.82, 2.24) is 0 Å². The number of halogens is 2. The van der Waals surface area contributed by atoms with Gasteiger partial charge in [-0.2, -0.15) is 0 Å². The normalized spacial score (nSPS) is 15.4. The molecular weight excluding hydrogens is 759 g/mol. The van der Waals surface area contributed by atoms with Crippen molar-refractivity contribution >= 4 is 35.3 Å². The minimum Gasteiger partial charge on any atom is -1.00 e. The summed E-state index contributed by atoms with van der Waals surface area (Å²) < 4.78 is 2.04. The van der Waals surface area contributed by atoms with Gasteiger partial charge in [0, 0.05) is 0 Å². The molecule has 1 atom stereocenters. The molecule has 6 rings (SSSR count). The van der Waals surface area contributed by atoms with Crippen LogP contribution >= 0.6 is 0 Å². The Morgan fingerprint density at radius 3 is 1.64 bits per heavy atom. The molecule has 0 saturated carbocycles. The van der Waals surface area contributed by atoms with Gasteiger partial charge in [0.15, 0.2) is 0 Å². The number of fused-ring (bicyclic) bond motifs is 3. The van der Waals surface area contributed by atoms with E-state index in [9.17, 15) is 0 Å². The van der Waals surface area contributed by atoms with Gasteiger partial charge in [-0.25, -0.2) is 0 Å². The predicted molar refractivity (Wildman–Crippen MR) is 215 cm³/mol. The molecular formula is C45H55Cl2Si2Zr. The average Bonchev–Trinajstić information content (AvgIpc) is 3.64. The summed E-state index contributed by atoms with van der Waals surface area (Å²) in [5, 5.41) is 3.53. The fourth-order valence-corrected chi connectivity index (χ4v) is 18.7. The van der Waals surface area contributed by atoms with Crippen LogP contribution in [0.3, 0.4) is 0 Å². The summed E-state index contributed by atoms with van der Waals surface area (Å²) in [6.45, 7) is 30.3. The van der Waals surface area contributed by atoms with E-state index in [1.807, 2.05) is 0 Å². The van der Waals surface area contributed by atoms with Gasteiger partial charge in [-0.3, -0.25) is 0 Å². The van der Waals surface area contributed by atoms with Crippen molar-refractivity contribution < 1.29 is 47.6 Å². The van der Waals surface area contributed by atoms with Gasteiger partial charge in [-0.1, -0.05) is 0 Å². The first-order valence-corrected chi connectivity index (χ1v) is 27.5. The Morgan fingerprint density at radius 2 is 1.20 bits per heavy atom. The van der Waals surface area contributed by atoms with Gasteiger partial charge >= 0.3 is 307 Å². The molecule has 2 aliphatic rings. The van der Waals surface area contributed by atoms with Gasteiger partial charge in [0.1, 0.15) is 0 Å². The third-order valence-electron chi connectivity index (χ3n) is 10.1. The van der Waals surface area contributed by atoms with E-state index < -0.39 is 38.9 Å². The Kier molecular flexibility index (Phi) is 12.2. The molecule has 0 aromatic heterocycles. The first-order valence-electron chi connectivity index (χ1n) is 17.9. The van der Waals surface area contributed by atoms with Crippen molar-refractivity contribution in [2.45, 2.75) is 102 Å². The molecule has 0 N–H and O–H groups in total. The molecule has 0 bridgehead atoms. The van der Waals surface area contributed by atoms with Gasteiger partial charge in [-0.05, 0) is 0 Å². The summed E-state index contributed by atoms with van der Waals surface area (Å²) in [6, 6.07) is 30.4. The fraction of sp³-hybridized carbons (Fsp3) is 0.356. The zero-order chi connectivity index (χ0) is 34.8. The van der Waals surface area contributed by atoms with Gasteiger partial charge < -0.3 is 24.8 Å². The van der Waals surface area contributed by atoms with Crippen LogP contribution in [0, 0.1) is 0 Å². The summed E-state index contributed by atoms with van der Waals surface area (Å²) in [5.74, 6) is 0. The van der Waals surface area contributed by atoms with Crippen molar-refractivity contribution in [3.8, 4) is 11.1 Å². The molecule has 0 amide bonds. The Balaban J connectivity index is 0.00000281. The van der Waals surface area contributed by atoms with E-state index in [1.165, 1.54) is 27.8 Å². The molecule has 0 saturated heterocycles. The monoisotopic (exact) mass is 811 g/mol. The van der Waals surface area contributed by atoms with Crippen LogP contribution in [-0.4, -0.2) is 19.4 Å².